The first-order valence-corrected chi connectivity index (χ1v) is 17.2. The molecule has 0 aliphatic rings. The minimum Gasteiger partial charge on any atom is -0.454 e. The van der Waals surface area contributed by atoms with Gasteiger partial charge in [0.25, 0.3) is 0 Å². The molecule has 0 aliphatic carbocycles. The SMILES string of the molecule is Cc1ccc(-c2oc3ccc(-c4cc(-c5cc(-c6ccccc6)ccn5)[c-]cc4C)cc3c2C(C)(C)C)nc1.[Ir].[c-]1ccccc1-c1ccccn1. The molecule has 0 saturated heterocycles. The van der Waals surface area contributed by atoms with E-state index in [0.717, 1.165) is 67.2 Å². The first-order valence-electron chi connectivity index (χ1n) is 17.2. The number of hydrogen-bond donors (Lipinski definition) is 0. The fraction of sp³-hybridized carbons (Fsp3) is 0.128. The van der Waals surface area contributed by atoms with E-state index in [2.05, 4.69) is 128 Å². The van der Waals surface area contributed by atoms with Gasteiger partial charge in [-0.15, -0.1) is 65.2 Å². The third kappa shape index (κ3) is 8.02. The normalized spacial score (nSPS) is 11.0. The summed E-state index contributed by atoms with van der Waals surface area (Å²) in [5, 5.41) is 1.12. The monoisotopic (exact) mass is 854 g/mol. The molecule has 0 saturated carbocycles. The third-order valence-electron chi connectivity index (χ3n) is 8.84. The van der Waals surface area contributed by atoms with Crippen LogP contribution in [-0.2, 0) is 25.5 Å². The Hall–Kier alpha value is -5.48. The Morgan fingerprint density at radius 3 is 2.10 bits per heavy atom. The standard InChI is InChI=1S/C36H31N2O.C11H8N.Ir/c1-23-11-15-31(38-22-23)35-34(36(3,4)5)30-19-27(14-16-33(30)39-35)29-20-28(13-12-24(29)2)32-21-26(17-18-37-32)25-9-7-6-8-10-25;1-2-6-10(7-3-1)11-8-4-5-9-12-11;/h6-12,14-22H,1-5H3;1-6,8-9H;/q2*-1;. The van der Waals surface area contributed by atoms with Crippen LogP contribution in [-0.4, -0.2) is 15.0 Å². The molecule has 0 fully saturated rings. The summed E-state index contributed by atoms with van der Waals surface area (Å²) in [6.45, 7) is 10.9. The molecule has 8 aromatic rings. The number of pyridine rings is 3. The van der Waals surface area contributed by atoms with Crippen LogP contribution in [0.15, 0.2) is 150 Å². The zero-order valence-electron chi connectivity index (χ0n) is 29.9. The van der Waals surface area contributed by atoms with Crippen molar-refractivity contribution in [2.24, 2.45) is 0 Å². The van der Waals surface area contributed by atoms with Gasteiger partial charge < -0.3 is 14.4 Å². The Morgan fingerprint density at radius 1 is 0.596 bits per heavy atom. The Bertz CT molecular complexity index is 2360. The Kier molecular flexibility index (Phi) is 11.0. The van der Waals surface area contributed by atoms with E-state index in [4.69, 9.17) is 4.42 Å². The molecule has 0 unspecified atom stereocenters. The fourth-order valence-corrected chi connectivity index (χ4v) is 6.28. The van der Waals surface area contributed by atoms with Crippen LogP contribution in [0.5, 0.6) is 0 Å². The second-order valence-corrected chi connectivity index (χ2v) is 13.7. The molecule has 8 rings (SSSR count). The topological polar surface area (TPSA) is 51.8 Å². The van der Waals surface area contributed by atoms with Crippen LogP contribution in [0.25, 0.3) is 67.2 Å². The van der Waals surface area contributed by atoms with Crippen molar-refractivity contribution in [2.45, 2.75) is 40.0 Å². The summed E-state index contributed by atoms with van der Waals surface area (Å²) in [6, 6.07) is 49.7. The van der Waals surface area contributed by atoms with E-state index in [-0.39, 0.29) is 25.5 Å². The maximum atomic E-state index is 6.44. The number of furan rings is 1. The van der Waals surface area contributed by atoms with Crippen molar-refractivity contribution in [3.63, 3.8) is 0 Å². The maximum Gasteiger partial charge on any atom is 0.157 e. The summed E-state index contributed by atoms with van der Waals surface area (Å²) in [5.41, 5.74) is 13.6. The van der Waals surface area contributed by atoms with Crippen molar-refractivity contribution in [3.05, 3.63) is 175 Å². The van der Waals surface area contributed by atoms with Crippen LogP contribution in [0, 0.1) is 26.0 Å². The summed E-state index contributed by atoms with van der Waals surface area (Å²) in [5.74, 6) is 0.843. The molecule has 5 heteroatoms. The Morgan fingerprint density at radius 2 is 1.38 bits per heavy atom. The van der Waals surface area contributed by atoms with Crippen LogP contribution in [0.1, 0.15) is 37.5 Å². The van der Waals surface area contributed by atoms with Crippen molar-refractivity contribution < 1.29 is 24.5 Å². The molecule has 259 valence electrons. The average molecular weight is 854 g/mol. The van der Waals surface area contributed by atoms with Crippen molar-refractivity contribution >= 4 is 11.0 Å². The van der Waals surface area contributed by atoms with Crippen molar-refractivity contribution in [1.82, 2.24) is 15.0 Å². The average Bonchev–Trinajstić information content (AvgIpc) is 3.57. The smallest absolute Gasteiger partial charge is 0.157 e. The second kappa shape index (κ2) is 15.8. The van der Waals surface area contributed by atoms with Gasteiger partial charge in [0.2, 0.25) is 0 Å². The minimum absolute atomic E-state index is 0. The predicted molar refractivity (Wildman–Crippen MR) is 209 cm³/mol. The minimum atomic E-state index is -0.127. The summed E-state index contributed by atoms with van der Waals surface area (Å²) in [6.07, 6.45) is 5.56. The van der Waals surface area contributed by atoms with Crippen LogP contribution >= 0.6 is 0 Å². The molecule has 4 aromatic heterocycles. The van der Waals surface area contributed by atoms with Gasteiger partial charge in [-0.2, -0.15) is 0 Å². The van der Waals surface area contributed by atoms with Crippen molar-refractivity contribution in [3.8, 4) is 56.2 Å². The first kappa shape index (κ1) is 36.3. The van der Waals surface area contributed by atoms with E-state index in [9.17, 15) is 0 Å². The summed E-state index contributed by atoms with van der Waals surface area (Å²) >= 11 is 0. The van der Waals surface area contributed by atoms with Crippen molar-refractivity contribution in [2.75, 3.05) is 0 Å². The summed E-state index contributed by atoms with van der Waals surface area (Å²) < 4.78 is 6.44. The predicted octanol–water partition coefficient (Wildman–Crippen LogP) is 12.2. The van der Waals surface area contributed by atoms with E-state index in [1.54, 1.807) is 6.20 Å². The third-order valence-corrected chi connectivity index (χ3v) is 8.84. The zero-order chi connectivity index (χ0) is 35.4. The molecule has 0 N–H and O–H groups in total. The number of rotatable bonds is 5. The summed E-state index contributed by atoms with van der Waals surface area (Å²) in [7, 11) is 0. The molecule has 4 nitrogen and oxygen atoms in total. The number of fused-ring (bicyclic) bond motifs is 1. The fourth-order valence-electron chi connectivity index (χ4n) is 6.28. The number of benzene rings is 4. The molecule has 1 radical (unpaired) electrons. The van der Waals surface area contributed by atoms with E-state index in [0.29, 0.717) is 0 Å². The number of hydrogen-bond acceptors (Lipinski definition) is 4. The number of nitrogens with zero attached hydrogens (tertiary/aromatic N) is 3. The van der Waals surface area contributed by atoms with E-state index in [1.807, 2.05) is 73.9 Å². The van der Waals surface area contributed by atoms with Gasteiger partial charge in [0.15, 0.2) is 5.76 Å². The van der Waals surface area contributed by atoms with Crippen molar-refractivity contribution in [1.29, 1.82) is 0 Å². The first-order chi connectivity index (χ1) is 24.7. The van der Waals surface area contributed by atoms with E-state index >= 15 is 0 Å². The molecule has 52 heavy (non-hydrogen) atoms. The van der Waals surface area contributed by atoms with Gasteiger partial charge >= 0.3 is 0 Å². The Labute approximate surface area is 320 Å². The number of aryl methyl sites for hydroxylation is 2. The molecular weight excluding hydrogens is 815 g/mol. The quantitative estimate of drug-likeness (QED) is 0.162. The molecule has 4 heterocycles. The van der Waals surface area contributed by atoms with Crippen LogP contribution < -0.4 is 0 Å². The second-order valence-electron chi connectivity index (χ2n) is 13.7. The maximum absolute atomic E-state index is 6.44. The van der Waals surface area contributed by atoms with Gasteiger partial charge in [0.05, 0.1) is 0 Å². The number of aromatic nitrogens is 3. The largest absolute Gasteiger partial charge is 0.454 e. The van der Waals surface area contributed by atoms with Gasteiger partial charge in [-0.3, -0.25) is 4.98 Å². The van der Waals surface area contributed by atoms with Gasteiger partial charge in [-0.05, 0) is 76.3 Å². The van der Waals surface area contributed by atoms with Gasteiger partial charge in [-0.25, -0.2) is 0 Å². The van der Waals surface area contributed by atoms with Gasteiger partial charge in [-0.1, -0.05) is 93.9 Å². The molecule has 0 atom stereocenters. The van der Waals surface area contributed by atoms with Gasteiger partial charge in [0, 0.05) is 49.6 Å². The Balaban J connectivity index is 0.000000302. The van der Waals surface area contributed by atoms with E-state index < -0.39 is 0 Å². The van der Waals surface area contributed by atoms with Gasteiger partial charge in [0.1, 0.15) is 11.3 Å². The molecule has 4 aromatic carbocycles. The van der Waals surface area contributed by atoms with Crippen LogP contribution in [0.4, 0.5) is 0 Å². The molecule has 0 amide bonds. The zero-order valence-corrected chi connectivity index (χ0v) is 32.3. The van der Waals surface area contributed by atoms with E-state index in [1.165, 1.54) is 16.7 Å². The molecule has 0 spiro atoms. The molecular formula is C47H39IrN3O-2. The molecule has 0 aliphatic heterocycles. The van der Waals surface area contributed by atoms with Crippen LogP contribution in [0.3, 0.4) is 0 Å². The summed E-state index contributed by atoms with van der Waals surface area (Å²) in [4.78, 5) is 13.6. The molecule has 0 bridgehead atoms. The van der Waals surface area contributed by atoms with Crippen LogP contribution in [0.2, 0.25) is 0 Å².